The molecule has 116 valence electrons. The Kier molecular flexibility index (Phi) is 6.03. The van der Waals surface area contributed by atoms with Crippen molar-refractivity contribution in [3.05, 3.63) is 0 Å². The van der Waals surface area contributed by atoms with Gasteiger partial charge in [-0.05, 0) is 33.6 Å². The first-order chi connectivity index (χ1) is 9.28. The molecule has 0 atom stereocenters. The first-order valence-corrected chi connectivity index (χ1v) is 7.75. The van der Waals surface area contributed by atoms with Gasteiger partial charge >= 0.3 is 11.9 Å². The van der Waals surface area contributed by atoms with E-state index in [1.165, 1.54) is 6.42 Å². The molecule has 1 fully saturated rings. The summed E-state index contributed by atoms with van der Waals surface area (Å²) >= 11 is 0. The van der Waals surface area contributed by atoms with E-state index < -0.39 is 23.0 Å². The second kappa shape index (κ2) is 7.09. The summed E-state index contributed by atoms with van der Waals surface area (Å²) in [5.74, 6) is -1.58. The van der Waals surface area contributed by atoms with Gasteiger partial charge in [0.25, 0.3) is 0 Å². The van der Waals surface area contributed by atoms with Gasteiger partial charge in [0.2, 0.25) is 0 Å². The van der Waals surface area contributed by atoms with Gasteiger partial charge in [-0.25, -0.2) is 0 Å². The lowest BCUT2D eigenvalue weighted by atomic mass is 9.77. The van der Waals surface area contributed by atoms with Crippen molar-refractivity contribution in [1.82, 2.24) is 0 Å². The molecule has 1 aliphatic carbocycles. The zero-order valence-corrected chi connectivity index (χ0v) is 13.0. The van der Waals surface area contributed by atoms with Crippen LogP contribution in [-0.4, -0.2) is 22.6 Å². The maximum absolute atomic E-state index is 12.4. The standard InChI is InChI=1S/C16H28O4/c1-15(2,3)20-14(19)16(13(17)18)11-9-7-5-4-6-8-10-12-16/h4-12H2,1-3H3,(H,17,18). The molecule has 1 rings (SSSR count). The van der Waals surface area contributed by atoms with Crippen LogP contribution in [0.25, 0.3) is 0 Å². The Morgan fingerprint density at radius 2 is 1.30 bits per heavy atom. The molecule has 1 aliphatic rings. The minimum Gasteiger partial charge on any atom is -0.480 e. The van der Waals surface area contributed by atoms with Crippen molar-refractivity contribution >= 4 is 11.9 Å². The third kappa shape index (κ3) is 4.80. The van der Waals surface area contributed by atoms with Crippen molar-refractivity contribution in [3.63, 3.8) is 0 Å². The number of aliphatic carboxylic acids is 1. The predicted octanol–water partition coefficient (Wildman–Crippen LogP) is 3.92. The Morgan fingerprint density at radius 1 is 0.900 bits per heavy atom. The lowest BCUT2D eigenvalue weighted by Crippen LogP contribution is -2.43. The van der Waals surface area contributed by atoms with Gasteiger partial charge in [0.05, 0.1) is 0 Å². The van der Waals surface area contributed by atoms with Crippen molar-refractivity contribution in [2.75, 3.05) is 0 Å². The quantitative estimate of drug-likeness (QED) is 0.616. The molecule has 0 bridgehead atoms. The van der Waals surface area contributed by atoms with E-state index in [4.69, 9.17) is 4.74 Å². The van der Waals surface area contributed by atoms with Crippen molar-refractivity contribution in [2.24, 2.45) is 5.41 Å². The Bertz CT molecular complexity index is 331. The second-order valence-electron chi connectivity index (χ2n) is 6.86. The SMILES string of the molecule is CC(C)(C)OC(=O)C1(C(=O)O)CCCCCCCCC1. The average molecular weight is 284 g/mol. The molecule has 1 N–H and O–H groups in total. The number of rotatable bonds is 2. The predicted molar refractivity (Wildman–Crippen MR) is 77.5 cm³/mol. The van der Waals surface area contributed by atoms with Crippen LogP contribution in [0.5, 0.6) is 0 Å². The molecule has 1 saturated carbocycles. The first kappa shape index (κ1) is 17.0. The Balaban J connectivity index is 2.90. The Labute approximate surface area is 121 Å². The Morgan fingerprint density at radius 3 is 1.65 bits per heavy atom. The summed E-state index contributed by atoms with van der Waals surface area (Å²) in [6.45, 7) is 5.34. The molecule has 4 nitrogen and oxygen atoms in total. The summed E-state index contributed by atoms with van der Waals surface area (Å²) in [5, 5.41) is 9.63. The fourth-order valence-electron chi connectivity index (χ4n) is 2.74. The number of esters is 1. The lowest BCUT2D eigenvalue weighted by Gasteiger charge is -2.31. The summed E-state index contributed by atoms with van der Waals surface area (Å²) in [6, 6.07) is 0. The fourth-order valence-corrected chi connectivity index (χ4v) is 2.74. The number of hydrogen-bond donors (Lipinski definition) is 1. The first-order valence-electron chi connectivity index (χ1n) is 7.75. The van der Waals surface area contributed by atoms with E-state index in [0.717, 1.165) is 38.5 Å². The van der Waals surface area contributed by atoms with E-state index in [0.29, 0.717) is 12.8 Å². The second-order valence-corrected chi connectivity index (χ2v) is 6.86. The van der Waals surface area contributed by atoms with Crippen LogP contribution >= 0.6 is 0 Å². The van der Waals surface area contributed by atoms with E-state index in [-0.39, 0.29) is 0 Å². The van der Waals surface area contributed by atoms with Crippen LogP contribution in [0.3, 0.4) is 0 Å². The fraction of sp³-hybridized carbons (Fsp3) is 0.875. The van der Waals surface area contributed by atoms with E-state index in [1.807, 2.05) is 0 Å². The van der Waals surface area contributed by atoms with Crippen LogP contribution in [0.4, 0.5) is 0 Å². The molecule has 0 radical (unpaired) electrons. The van der Waals surface area contributed by atoms with Crippen molar-refractivity contribution in [1.29, 1.82) is 0 Å². The van der Waals surface area contributed by atoms with Crippen LogP contribution in [0.15, 0.2) is 0 Å². The van der Waals surface area contributed by atoms with Gasteiger partial charge in [-0.3, -0.25) is 9.59 Å². The molecule has 0 heterocycles. The third-order valence-electron chi connectivity index (χ3n) is 3.91. The van der Waals surface area contributed by atoms with Crippen LogP contribution < -0.4 is 0 Å². The number of carbonyl (C=O) groups excluding carboxylic acids is 1. The van der Waals surface area contributed by atoms with Crippen molar-refractivity contribution in [3.8, 4) is 0 Å². The molecule has 0 unspecified atom stereocenters. The van der Waals surface area contributed by atoms with Crippen molar-refractivity contribution < 1.29 is 19.4 Å². The monoisotopic (exact) mass is 284 g/mol. The minimum atomic E-state index is -1.34. The number of carbonyl (C=O) groups is 2. The molecule has 0 spiro atoms. The van der Waals surface area contributed by atoms with Gasteiger partial charge in [0, 0.05) is 0 Å². The molecule has 4 heteroatoms. The highest BCUT2D eigenvalue weighted by Gasteiger charge is 2.47. The van der Waals surface area contributed by atoms with Crippen molar-refractivity contribution in [2.45, 2.75) is 84.2 Å². The molecule has 0 aromatic carbocycles. The maximum atomic E-state index is 12.4. The normalized spacial score (nSPS) is 20.9. The summed E-state index contributed by atoms with van der Waals surface area (Å²) in [7, 11) is 0. The van der Waals surface area contributed by atoms with Crippen LogP contribution in [0.2, 0.25) is 0 Å². The van der Waals surface area contributed by atoms with Gasteiger partial charge in [0.15, 0.2) is 5.41 Å². The molecular weight excluding hydrogens is 256 g/mol. The van der Waals surface area contributed by atoms with Crippen LogP contribution in [0, 0.1) is 5.41 Å². The highest BCUT2D eigenvalue weighted by atomic mass is 16.6. The number of carboxylic acids is 1. The topological polar surface area (TPSA) is 63.6 Å². The van der Waals surface area contributed by atoms with Gasteiger partial charge in [-0.1, -0.05) is 44.9 Å². The van der Waals surface area contributed by atoms with E-state index in [1.54, 1.807) is 20.8 Å². The smallest absolute Gasteiger partial charge is 0.323 e. The summed E-state index contributed by atoms with van der Waals surface area (Å²) in [5.41, 5.74) is -1.99. The third-order valence-corrected chi connectivity index (χ3v) is 3.91. The zero-order chi connectivity index (χ0) is 15.2. The summed E-state index contributed by atoms with van der Waals surface area (Å²) < 4.78 is 5.39. The molecular formula is C16H28O4. The molecule has 0 amide bonds. The highest BCUT2D eigenvalue weighted by Crippen LogP contribution is 2.36. The summed E-state index contributed by atoms with van der Waals surface area (Å²) in [6.07, 6.45) is 7.84. The lowest BCUT2D eigenvalue weighted by molar-refractivity contribution is -0.178. The average Bonchev–Trinajstić information content (AvgIpc) is 2.33. The number of ether oxygens (including phenoxy) is 1. The van der Waals surface area contributed by atoms with Gasteiger partial charge in [0.1, 0.15) is 5.60 Å². The molecule has 0 saturated heterocycles. The van der Waals surface area contributed by atoms with E-state index in [2.05, 4.69) is 0 Å². The summed E-state index contributed by atoms with van der Waals surface area (Å²) in [4.78, 5) is 24.2. The highest BCUT2D eigenvalue weighted by molar-refractivity contribution is 5.99. The Hall–Kier alpha value is -1.06. The van der Waals surface area contributed by atoms with Crippen LogP contribution in [0.1, 0.15) is 78.6 Å². The number of hydrogen-bond acceptors (Lipinski definition) is 3. The minimum absolute atomic E-state index is 0.400. The van der Waals surface area contributed by atoms with E-state index >= 15 is 0 Å². The van der Waals surface area contributed by atoms with Gasteiger partial charge in [-0.15, -0.1) is 0 Å². The molecule has 0 aliphatic heterocycles. The molecule has 20 heavy (non-hydrogen) atoms. The van der Waals surface area contributed by atoms with Crippen LogP contribution in [-0.2, 0) is 14.3 Å². The van der Waals surface area contributed by atoms with E-state index in [9.17, 15) is 14.7 Å². The van der Waals surface area contributed by atoms with Gasteiger partial charge < -0.3 is 9.84 Å². The number of carboxylic acid groups (broad SMARTS) is 1. The maximum Gasteiger partial charge on any atom is 0.323 e. The zero-order valence-electron chi connectivity index (χ0n) is 13.0. The largest absolute Gasteiger partial charge is 0.480 e. The van der Waals surface area contributed by atoms with Gasteiger partial charge in [-0.2, -0.15) is 0 Å². The molecule has 0 aromatic rings. The molecule has 0 aromatic heterocycles.